The average Bonchev–Trinajstić information content (AvgIpc) is 3.27. The SMILES string of the molecule is [C-]#[N+]/C(C#N)=C/c1ccc(OCC(O)Cn2c(=O)n(CC(O)COc3ccc(C=C(C#N)C#N)cc3)c(=O)n(CC(O)COc3ccc(/C=C(\C#N)[N+]#[C-])cc3)c2=O)cc1. The number of allylic oxidation sites excluding steroid dienone is 3. The van der Waals surface area contributed by atoms with Crippen molar-refractivity contribution in [1.29, 1.82) is 21.0 Å². The second-order valence-electron chi connectivity index (χ2n) is 12.6. The fraction of sp³-hybridized carbons (Fsp3) is 0.214. The van der Waals surface area contributed by atoms with Crippen molar-refractivity contribution in [2.45, 2.75) is 37.9 Å². The number of aliphatic hydroxyl groups excluding tert-OH is 3. The van der Waals surface area contributed by atoms with Crippen LogP contribution in [0.5, 0.6) is 17.2 Å². The lowest BCUT2D eigenvalue weighted by Gasteiger charge is -2.20. The first-order valence-electron chi connectivity index (χ1n) is 17.6. The van der Waals surface area contributed by atoms with Gasteiger partial charge < -0.3 is 29.5 Å². The summed E-state index contributed by atoms with van der Waals surface area (Å²) in [5, 5.41) is 68.5. The van der Waals surface area contributed by atoms with Crippen LogP contribution in [0, 0.1) is 58.5 Å². The second-order valence-corrected chi connectivity index (χ2v) is 12.6. The van der Waals surface area contributed by atoms with Crippen molar-refractivity contribution < 1.29 is 29.5 Å². The maximum Gasteiger partial charge on any atom is 0.336 e. The van der Waals surface area contributed by atoms with Gasteiger partial charge in [-0.3, -0.25) is 0 Å². The van der Waals surface area contributed by atoms with Crippen molar-refractivity contribution in [3.8, 4) is 41.5 Å². The van der Waals surface area contributed by atoms with E-state index in [4.69, 9.17) is 48.4 Å². The molecule has 18 heteroatoms. The lowest BCUT2D eigenvalue weighted by Crippen LogP contribution is -2.57. The maximum absolute atomic E-state index is 13.6. The standard InChI is InChI=1S/C42H33N9O9/c1-47-32(20-45)16-29-5-11-38(12-6-29)59-26-35(53)23-50-40(55)49(22-34(52)25-58-37-9-3-28(4-10-37)15-31(18-43)19-44)41(56)51(42(50)57)24-36(54)27-60-39-13-7-30(8-14-39)17-33(21-46)48-2/h3-17,34-36,52-54H,22-27H2/b32-16+,33-17+. The summed E-state index contributed by atoms with van der Waals surface area (Å²) in [4.78, 5) is 47.1. The summed E-state index contributed by atoms with van der Waals surface area (Å²) in [7, 11) is 0. The quantitative estimate of drug-likeness (QED) is 0.0966. The number of nitrogens with zero attached hydrogens (tertiary/aromatic N) is 9. The van der Waals surface area contributed by atoms with Crippen LogP contribution in [0.25, 0.3) is 27.9 Å². The molecular weight excluding hydrogens is 775 g/mol. The molecule has 0 amide bonds. The van der Waals surface area contributed by atoms with E-state index in [0.29, 0.717) is 30.4 Å². The van der Waals surface area contributed by atoms with Gasteiger partial charge in [0.25, 0.3) is 11.4 Å². The Labute approximate surface area is 341 Å². The lowest BCUT2D eigenvalue weighted by molar-refractivity contribution is 0.0749. The molecule has 0 aliphatic heterocycles. The minimum atomic E-state index is -1.49. The van der Waals surface area contributed by atoms with Gasteiger partial charge in [-0.25, -0.2) is 48.3 Å². The highest BCUT2D eigenvalue weighted by atomic mass is 16.5. The van der Waals surface area contributed by atoms with Gasteiger partial charge in [-0.05, 0) is 71.3 Å². The fourth-order valence-corrected chi connectivity index (χ4v) is 5.25. The molecule has 3 unspecified atom stereocenters. The topological polar surface area (TPSA) is 258 Å². The van der Waals surface area contributed by atoms with Gasteiger partial charge >= 0.3 is 17.1 Å². The molecule has 0 radical (unpaired) electrons. The number of nitriles is 4. The zero-order valence-electron chi connectivity index (χ0n) is 31.5. The Hall–Kier alpha value is -8.49. The summed E-state index contributed by atoms with van der Waals surface area (Å²) >= 11 is 0. The van der Waals surface area contributed by atoms with Gasteiger partial charge in [0.1, 0.15) is 73.1 Å². The Balaban J connectivity index is 1.54. The first-order chi connectivity index (χ1) is 28.9. The highest BCUT2D eigenvalue weighted by Gasteiger charge is 2.22. The van der Waals surface area contributed by atoms with Gasteiger partial charge in [-0.2, -0.15) is 10.5 Å². The van der Waals surface area contributed by atoms with E-state index in [2.05, 4.69) is 9.69 Å². The zero-order chi connectivity index (χ0) is 43.6. The monoisotopic (exact) mass is 807 g/mol. The average molecular weight is 808 g/mol. The largest absolute Gasteiger partial charge is 0.491 e. The van der Waals surface area contributed by atoms with Gasteiger partial charge in [0, 0.05) is 0 Å². The third-order valence-corrected chi connectivity index (χ3v) is 8.16. The minimum absolute atomic E-state index is 0.112. The highest BCUT2D eigenvalue weighted by Crippen LogP contribution is 2.17. The summed E-state index contributed by atoms with van der Waals surface area (Å²) < 4.78 is 18.5. The van der Waals surface area contributed by atoms with Crippen LogP contribution in [0.3, 0.4) is 0 Å². The molecule has 3 aromatic carbocycles. The van der Waals surface area contributed by atoms with Crippen molar-refractivity contribution >= 4 is 18.2 Å². The van der Waals surface area contributed by atoms with Gasteiger partial charge in [0.15, 0.2) is 0 Å². The summed E-state index contributed by atoms with van der Waals surface area (Å²) in [6.07, 6.45) is -0.374. The predicted octanol–water partition coefficient (Wildman–Crippen LogP) is 2.49. The van der Waals surface area contributed by atoms with Crippen molar-refractivity contribution in [1.82, 2.24) is 13.7 Å². The molecule has 1 aromatic heterocycles. The summed E-state index contributed by atoms with van der Waals surface area (Å²) in [6, 6.07) is 25.5. The van der Waals surface area contributed by atoms with Crippen LogP contribution in [0.4, 0.5) is 0 Å². The van der Waals surface area contributed by atoms with E-state index < -0.39 is 74.8 Å². The summed E-state index contributed by atoms with van der Waals surface area (Å²) in [5.41, 5.74) is -2.28. The Kier molecular flexibility index (Phi) is 16.0. The third-order valence-electron chi connectivity index (χ3n) is 8.16. The van der Waals surface area contributed by atoms with Gasteiger partial charge in [-0.1, -0.05) is 36.4 Å². The van der Waals surface area contributed by atoms with Crippen LogP contribution in [0.15, 0.2) is 104 Å². The number of hydrogen-bond acceptors (Lipinski definition) is 13. The minimum Gasteiger partial charge on any atom is -0.491 e. The first kappa shape index (κ1) is 44.2. The molecule has 60 heavy (non-hydrogen) atoms. The molecule has 0 fully saturated rings. The number of aromatic nitrogens is 3. The smallest absolute Gasteiger partial charge is 0.336 e. The van der Waals surface area contributed by atoms with Crippen LogP contribution >= 0.6 is 0 Å². The van der Waals surface area contributed by atoms with Crippen molar-refractivity contribution in [2.75, 3.05) is 19.8 Å². The molecule has 3 N–H and O–H groups in total. The zero-order valence-corrected chi connectivity index (χ0v) is 31.5. The van der Waals surface area contributed by atoms with E-state index in [1.54, 1.807) is 60.7 Å². The molecule has 0 saturated heterocycles. The molecule has 3 atom stereocenters. The van der Waals surface area contributed by atoms with E-state index in [9.17, 15) is 29.7 Å². The highest BCUT2D eigenvalue weighted by molar-refractivity contribution is 5.62. The molecule has 18 nitrogen and oxygen atoms in total. The Bertz CT molecular complexity index is 2330. The van der Waals surface area contributed by atoms with Gasteiger partial charge in [-0.15, -0.1) is 0 Å². The van der Waals surface area contributed by atoms with E-state index >= 15 is 0 Å². The molecule has 0 bridgehead atoms. The molecule has 300 valence electrons. The van der Waals surface area contributed by atoms with E-state index in [1.165, 1.54) is 54.6 Å². The van der Waals surface area contributed by atoms with Crippen LogP contribution in [0.2, 0.25) is 0 Å². The van der Waals surface area contributed by atoms with Gasteiger partial charge in [0.05, 0.1) is 44.9 Å². The first-order valence-corrected chi connectivity index (χ1v) is 17.6. The molecule has 0 spiro atoms. The normalized spacial score (nSPS) is 12.4. The third kappa shape index (κ3) is 12.5. The van der Waals surface area contributed by atoms with Gasteiger partial charge in [0.2, 0.25) is 0 Å². The fourth-order valence-electron chi connectivity index (χ4n) is 5.25. The van der Waals surface area contributed by atoms with Crippen molar-refractivity contribution in [3.05, 3.63) is 161 Å². The summed E-state index contributed by atoms with van der Waals surface area (Å²) in [6.45, 7) is 10.7. The van der Waals surface area contributed by atoms with E-state index in [1.807, 2.05) is 0 Å². The van der Waals surface area contributed by atoms with Crippen LogP contribution in [0.1, 0.15) is 16.7 Å². The lowest BCUT2D eigenvalue weighted by atomic mass is 10.1. The Morgan fingerprint density at radius 1 is 0.533 bits per heavy atom. The number of rotatable bonds is 18. The number of hydrogen-bond donors (Lipinski definition) is 3. The molecule has 4 aromatic rings. The molecule has 0 aliphatic rings. The van der Waals surface area contributed by atoms with E-state index in [-0.39, 0.29) is 34.2 Å². The molecular formula is C42H33N9O9. The molecule has 0 saturated carbocycles. The molecule has 4 rings (SSSR count). The molecule has 1 heterocycles. The van der Waals surface area contributed by atoms with Crippen molar-refractivity contribution in [2.24, 2.45) is 0 Å². The number of ether oxygens (including phenoxy) is 3. The Morgan fingerprint density at radius 2 is 0.817 bits per heavy atom. The summed E-state index contributed by atoms with van der Waals surface area (Å²) in [5.74, 6) is 0.815. The van der Waals surface area contributed by atoms with E-state index in [0.717, 1.165) is 0 Å². The Morgan fingerprint density at radius 3 is 1.07 bits per heavy atom. The maximum atomic E-state index is 13.6. The van der Waals surface area contributed by atoms with Crippen LogP contribution in [-0.4, -0.2) is 67.2 Å². The predicted molar refractivity (Wildman–Crippen MR) is 213 cm³/mol. The van der Waals surface area contributed by atoms with Crippen molar-refractivity contribution in [3.63, 3.8) is 0 Å². The second kappa shape index (κ2) is 21.7. The van der Waals surface area contributed by atoms with Crippen LogP contribution in [-0.2, 0) is 19.6 Å². The van der Waals surface area contributed by atoms with Crippen LogP contribution < -0.4 is 31.3 Å². The molecule has 0 aliphatic carbocycles. The number of benzene rings is 3. The number of aliphatic hydroxyl groups is 3.